The Balaban J connectivity index is -0.00000000889. The summed E-state index contributed by atoms with van der Waals surface area (Å²) in [6.45, 7) is 0. The molecule has 0 aliphatic carbocycles. The maximum Gasteiger partial charge on any atom is 3.00 e. The smallest absolute Gasteiger partial charge is 0.894 e. The van der Waals surface area contributed by atoms with Crippen molar-refractivity contribution in [1.82, 2.24) is 0 Å². The molecular formula is HAl3Na4O13Si3. The van der Waals surface area contributed by atoms with E-state index >= 15 is 0 Å². The summed E-state index contributed by atoms with van der Waals surface area (Å²) >= 11 is 0. The molecule has 0 saturated carbocycles. The molecular weight excluding hydrogens is 465 g/mol. The van der Waals surface area contributed by atoms with Crippen molar-refractivity contribution >= 4 is 79.2 Å². The van der Waals surface area contributed by atoms with E-state index in [9.17, 15) is 0 Å². The fourth-order valence-electron chi connectivity index (χ4n) is 0. The average Bonchev–Trinajstić information content (AvgIpc) is 1.41. The van der Waals surface area contributed by atoms with Crippen molar-refractivity contribution in [3.63, 3.8) is 0 Å². The van der Waals surface area contributed by atoms with Crippen LogP contribution in [0.4, 0.5) is 0 Å². The quantitative estimate of drug-likeness (QED) is 0.300. The van der Waals surface area contributed by atoms with E-state index < -0.39 is 27.1 Å². The molecule has 0 aromatic carbocycles. The van der Waals surface area contributed by atoms with Gasteiger partial charge in [0, 0.05) is 0 Å². The maximum atomic E-state index is 8.58. The molecule has 0 rings (SSSR count). The van der Waals surface area contributed by atoms with Gasteiger partial charge in [-0.15, -0.1) is 0 Å². The van der Waals surface area contributed by atoms with E-state index in [2.05, 4.69) is 0 Å². The van der Waals surface area contributed by atoms with Crippen LogP contribution in [-0.4, -0.2) is 84.7 Å². The SMILES string of the molecule is [Al+3].[Al+3].[Al+3].[Na+].[Na+].[Na+].[Na+].[O-][Si]([O-])([O-])[O-].[O-][Si]([O-])([O-])[O-].[O-][Si]([O-])([O-])[O-].[OH-]. The molecule has 0 unspecified atom stereocenters. The Morgan fingerprint density at radius 3 is 0.304 bits per heavy atom. The Bertz CT molecular complexity index is 113. The summed E-state index contributed by atoms with van der Waals surface area (Å²) in [5.41, 5.74) is 0. The molecule has 104 valence electrons. The van der Waals surface area contributed by atoms with Crippen LogP contribution in [0.2, 0.25) is 0 Å². The Kier molecular flexibility index (Phi) is 108. The molecule has 23 heavy (non-hydrogen) atoms. The van der Waals surface area contributed by atoms with E-state index in [-0.39, 0.29) is 176 Å². The zero-order valence-corrected chi connectivity index (χ0v) is 27.0. The third-order valence-electron chi connectivity index (χ3n) is 0. The van der Waals surface area contributed by atoms with Crippen molar-refractivity contribution in [2.24, 2.45) is 0 Å². The van der Waals surface area contributed by atoms with Crippen molar-refractivity contribution in [2.45, 2.75) is 0 Å². The molecule has 0 aromatic heterocycles. The first kappa shape index (κ1) is 70.3. The zero-order valence-electron chi connectivity index (χ0n) is 12.6. The van der Waals surface area contributed by atoms with Gasteiger partial charge in [0.2, 0.25) is 0 Å². The maximum absolute atomic E-state index is 8.58. The standard InChI is InChI=1S/3Al.4Na.3O4Si.H2O/c;;;;;;;3*1-5(2,3)4;/h;;;;;;;;;;1H2/q3*+3;4*+1;3*-4;/p-1. The summed E-state index contributed by atoms with van der Waals surface area (Å²) in [6, 6.07) is 0. The van der Waals surface area contributed by atoms with Gasteiger partial charge in [0.1, 0.15) is 0 Å². The van der Waals surface area contributed by atoms with Crippen LogP contribution >= 0.6 is 0 Å². The molecule has 0 aliphatic heterocycles. The molecule has 0 aromatic rings. The molecule has 0 radical (unpaired) electrons. The molecule has 0 fully saturated rings. The van der Waals surface area contributed by atoms with E-state index in [0.29, 0.717) is 0 Å². The number of rotatable bonds is 0. The summed E-state index contributed by atoms with van der Waals surface area (Å²) in [5, 5.41) is 0. The topological polar surface area (TPSA) is 307 Å². The fourth-order valence-corrected chi connectivity index (χ4v) is 0. The molecule has 0 atom stereocenters. The van der Waals surface area contributed by atoms with Gasteiger partial charge in [0.15, 0.2) is 0 Å². The molecule has 23 heteroatoms. The van der Waals surface area contributed by atoms with Gasteiger partial charge in [-0.3, -0.25) is 0 Å². The van der Waals surface area contributed by atoms with E-state index in [4.69, 9.17) is 57.5 Å². The second kappa shape index (κ2) is 35.2. The van der Waals surface area contributed by atoms with Crippen molar-refractivity contribution < 1.29 is 181 Å². The van der Waals surface area contributed by atoms with E-state index in [0.717, 1.165) is 0 Å². The van der Waals surface area contributed by atoms with Gasteiger partial charge in [-0.2, -0.15) is 0 Å². The molecule has 13 nitrogen and oxygen atoms in total. The van der Waals surface area contributed by atoms with Gasteiger partial charge >= 0.3 is 170 Å². The van der Waals surface area contributed by atoms with Gasteiger partial charge in [-0.1, -0.05) is 0 Å². The molecule has 0 heterocycles. The number of hydrogen-bond acceptors (Lipinski definition) is 13. The summed E-state index contributed by atoms with van der Waals surface area (Å²) in [7, 11) is -16.8. The first-order chi connectivity index (χ1) is 6.00. The Labute approximate surface area is 255 Å². The third kappa shape index (κ3) is 559. The van der Waals surface area contributed by atoms with Gasteiger partial charge in [0.05, 0.1) is 0 Å². The molecule has 0 bridgehead atoms. The van der Waals surface area contributed by atoms with E-state index in [1.165, 1.54) is 0 Å². The van der Waals surface area contributed by atoms with Crippen LogP contribution in [0, 0.1) is 0 Å². The Hall–Kier alpha value is 5.73. The van der Waals surface area contributed by atoms with Crippen molar-refractivity contribution in [3.8, 4) is 0 Å². The summed E-state index contributed by atoms with van der Waals surface area (Å²) in [4.78, 5) is 103. The molecule has 0 spiro atoms. The van der Waals surface area contributed by atoms with Gasteiger partial charge in [0.25, 0.3) is 0 Å². The third-order valence-corrected chi connectivity index (χ3v) is 0. The minimum Gasteiger partial charge on any atom is -0.894 e. The van der Waals surface area contributed by atoms with Crippen LogP contribution in [-0.2, 0) is 0 Å². The summed E-state index contributed by atoms with van der Waals surface area (Å²) in [6.07, 6.45) is 0. The first-order valence-corrected chi connectivity index (χ1v) is 7.35. The zero-order chi connectivity index (χ0) is 13.5. The number of hydrogen-bond donors (Lipinski definition) is 0. The van der Waals surface area contributed by atoms with Crippen LogP contribution in [0.5, 0.6) is 0 Å². The van der Waals surface area contributed by atoms with E-state index in [1.54, 1.807) is 0 Å². The van der Waals surface area contributed by atoms with E-state index in [1.807, 2.05) is 0 Å². The second-order valence-electron chi connectivity index (χ2n) is 1.50. The normalized spacial score (nSPS) is 7.83. The monoisotopic (exact) mass is 466 g/mol. The largest absolute Gasteiger partial charge is 3.00 e. The van der Waals surface area contributed by atoms with Crippen LogP contribution in [0.3, 0.4) is 0 Å². The Morgan fingerprint density at radius 2 is 0.304 bits per heavy atom. The fraction of sp³-hybridized carbons (Fsp3) is 0. The molecule has 0 amide bonds. The van der Waals surface area contributed by atoms with Crippen molar-refractivity contribution in [1.29, 1.82) is 0 Å². The molecule has 1 N–H and O–H groups in total. The van der Waals surface area contributed by atoms with Gasteiger partial charge < -0.3 is 90.2 Å². The summed E-state index contributed by atoms with van der Waals surface area (Å²) in [5.74, 6) is 0. The van der Waals surface area contributed by atoms with Crippen LogP contribution in [0.1, 0.15) is 0 Å². The minimum atomic E-state index is -5.61. The second-order valence-corrected chi connectivity index (χ2v) is 4.50. The average molecular weight is 466 g/mol. The molecule has 0 aliphatic rings. The predicted molar refractivity (Wildman–Crippen MR) is 36.5 cm³/mol. The van der Waals surface area contributed by atoms with Crippen molar-refractivity contribution in [3.05, 3.63) is 0 Å². The predicted octanol–water partition coefficient (Wildman–Crippen LogP) is -28.7. The minimum absolute atomic E-state index is 0. The van der Waals surface area contributed by atoms with Crippen LogP contribution < -0.4 is 176 Å². The molecule has 0 saturated heterocycles. The van der Waals surface area contributed by atoms with Crippen molar-refractivity contribution in [2.75, 3.05) is 0 Å². The van der Waals surface area contributed by atoms with Crippen LogP contribution in [0.15, 0.2) is 0 Å². The van der Waals surface area contributed by atoms with Gasteiger partial charge in [-0.25, -0.2) is 0 Å². The Morgan fingerprint density at radius 1 is 0.304 bits per heavy atom. The first-order valence-electron chi connectivity index (χ1n) is 2.45. The van der Waals surface area contributed by atoms with Crippen LogP contribution in [0.25, 0.3) is 0 Å². The summed E-state index contributed by atoms with van der Waals surface area (Å²) < 4.78 is 0. The van der Waals surface area contributed by atoms with Gasteiger partial charge in [-0.05, 0) is 0 Å².